The van der Waals surface area contributed by atoms with E-state index in [4.69, 9.17) is 30.2 Å². The zero-order chi connectivity index (χ0) is 18.7. The maximum absolute atomic E-state index is 12.2. The van der Waals surface area contributed by atoms with Crippen molar-refractivity contribution in [1.82, 2.24) is 0 Å². The van der Waals surface area contributed by atoms with Crippen LogP contribution in [0.1, 0.15) is 16.7 Å². The Bertz CT molecular complexity index is 1150. The Labute approximate surface area is 159 Å². The van der Waals surface area contributed by atoms with Gasteiger partial charge in [0, 0.05) is 22.7 Å². The Hall–Kier alpha value is -2.86. The molecule has 2 aliphatic rings. The highest BCUT2D eigenvalue weighted by Crippen LogP contribution is 2.42. The largest absolute Gasteiger partial charge is 0.471 e. The number of ether oxygens (including phenoxy) is 3. The normalized spacial score (nSPS) is 15.0. The minimum Gasteiger partial charge on any atom is -0.471 e. The molecule has 0 radical (unpaired) electrons. The lowest BCUT2D eigenvalue weighted by Crippen LogP contribution is -2.32. The van der Waals surface area contributed by atoms with E-state index < -0.39 is 0 Å². The molecule has 2 aromatic carbocycles. The number of rotatable bonds is 1. The van der Waals surface area contributed by atoms with Crippen LogP contribution in [0.25, 0.3) is 11.0 Å². The summed E-state index contributed by atoms with van der Waals surface area (Å²) in [7, 11) is 0. The van der Waals surface area contributed by atoms with Crippen LogP contribution in [0.3, 0.4) is 0 Å². The third-order valence-corrected chi connectivity index (χ3v) is 5.46. The topological polar surface area (TPSA) is 61.1 Å². The van der Waals surface area contributed by atoms with Crippen molar-refractivity contribution in [2.45, 2.75) is 20.4 Å². The van der Waals surface area contributed by atoms with Crippen molar-refractivity contribution in [3.05, 3.63) is 56.4 Å². The Morgan fingerprint density at radius 3 is 2.70 bits per heavy atom. The Balaban J connectivity index is 1.64. The van der Waals surface area contributed by atoms with Crippen molar-refractivity contribution < 1.29 is 18.6 Å². The van der Waals surface area contributed by atoms with Crippen molar-refractivity contribution in [2.24, 2.45) is 0 Å². The SMILES string of the molecule is Cc1c(C)c2cc(Cl)c3c(c2oc1=O)CN(c1ccc2c(c1)OCO2)CO3. The standard InChI is InChI=1S/C20H16ClNO5/c1-10-11(2)20(23)27-18-13(10)6-15(21)19-14(18)7-22(8-24-19)12-3-4-16-17(5-12)26-9-25-16/h3-6H,7-9H2,1-2H3. The summed E-state index contributed by atoms with van der Waals surface area (Å²) in [6.07, 6.45) is 0. The van der Waals surface area contributed by atoms with Gasteiger partial charge in [0.1, 0.15) is 11.3 Å². The molecule has 3 heterocycles. The summed E-state index contributed by atoms with van der Waals surface area (Å²) in [6.45, 7) is 4.70. The molecule has 6 nitrogen and oxygen atoms in total. The van der Waals surface area contributed by atoms with Gasteiger partial charge in [-0.1, -0.05) is 11.6 Å². The van der Waals surface area contributed by atoms with E-state index in [1.54, 1.807) is 13.0 Å². The molecule has 0 bridgehead atoms. The molecule has 2 aliphatic heterocycles. The fourth-order valence-electron chi connectivity index (χ4n) is 3.51. The number of anilines is 1. The highest BCUT2D eigenvalue weighted by Gasteiger charge is 2.26. The number of hydrogen-bond donors (Lipinski definition) is 0. The molecule has 27 heavy (non-hydrogen) atoms. The lowest BCUT2D eigenvalue weighted by atomic mass is 10.0. The van der Waals surface area contributed by atoms with Gasteiger partial charge in [0.2, 0.25) is 6.79 Å². The highest BCUT2D eigenvalue weighted by atomic mass is 35.5. The maximum Gasteiger partial charge on any atom is 0.339 e. The van der Waals surface area contributed by atoms with E-state index in [9.17, 15) is 4.79 Å². The van der Waals surface area contributed by atoms with Gasteiger partial charge in [0.25, 0.3) is 0 Å². The fourth-order valence-corrected chi connectivity index (χ4v) is 3.79. The number of fused-ring (bicyclic) bond motifs is 4. The van der Waals surface area contributed by atoms with Crippen LogP contribution in [0.15, 0.2) is 33.5 Å². The molecule has 0 saturated carbocycles. The molecule has 5 rings (SSSR count). The molecule has 3 aromatic rings. The summed E-state index contributed by atoms with van der Waals surface area (Å²) in [5.74, 6) is 1.99. The summed E-state index contributed by atoms with van der Waals surface area (Å²) >= 11 is 6.46. The van der Waals surface area contributed by atoms with Gasteiger partial charge >= 0.3 is 5.63 Å². The third kappa shape index (κ3) is 2.44. The number of benzene rings is 2. The van der Waals surface area contributed by atoms with Crippen molar-refractivity contribution >= 4 is 28.3 Å². The van der Waals surface area contributed by atoms with E-state index in [1.807, 2.05) is 30.0 Å². The van der Waals surface area contributed by atoms with Crippen LogP contribution in [-0.2, 0) is 6.54 Å². The van der Waals surface area contributed by atoms with Gasteiger partial charge in [0.15, 0.2) is 18.2 Å². The zero-order valence-corrected chi connectivity index (χ0v) is 15.6. The van der Waals surface area contributed by atoms with E-state index in [2.05, 4.69) is 0 Å². The van der Waals surface area contributed by atoms with Crippen LogP contribution in [0.4, 0.5) is 5.69 Å². The molecule has 0 saturated heterocycles. The fraction of sp³-hybridized carbons (Fsp3) is 0.250. The third-order valence-electron chi connectivity index (χ3n) is 5.18. The lowest BCUT2D eigenvalue weighted by molar-refractivity contribution is 0.174. The van der Waals surface area contributed by atoms with Crippen LogP contribution in [-0.4, -0.2) is 13.5 Å². The maximum atomic E-state index is 12.2. The number of nitrogens with zero attached hydrogens (tertiary/aromatic N) is 1. The highest BCUT2D eigenvalue weighted by molar-refractivity contribution is 6.33. The molecule has 0 N–H and O–H groups in total. The number of hydrogen-bond acceptors (Lipinski definition) is 6. The van der Waals surface area contributed by atoms with Crippen molar-refractivity contribution in [2.75, 3.05) is 18.4 Å². The van der Waals surface area contributed by atoms with Gasteiger partial charge in [-0.25, -0.2) is 4.79 Å². The summed E-state index contributed by atoms with van der Waals surface area (Å²) in [5, 5.41) is 1.34. The summed E-state index contributed by atoms with van der Waals surface area (Å²) in [4.78, 5) is 14.2. The van der Waals surface area contributed by atoms with Crippen LogP contribution in [0.2, 0.25) is 5.02 Å². The molecule has 138 valence electrons. The van der Waals surface area contributed by atoms with E-state index in [1.165, 1.54) is 0 Å². The minimum absolute atomic E-state index is 0.224. The van der Waals surface area contributed by atoms with Gasteiger partial charge in [-0.3, -0.25) is 0 Å². The molecule has 0 fully saturated rings. The first kappa shape index (κ1) is 16.3. The van der Waals surface area contributed by atoms with Gasteiger partial charge < -0.3 is 23.5 Å². The molecule has 1 aromatic heterocycles. The molecule has 0 unspecified atom stereocenters. The summed E-state index contributed by atoms with van der Waals surface area (Å²) < 4.78 is 22.4. The molecule has 0 spiro atoms. The Kier molecular flexibility index (Phi) is 3.52. The molecule has 0 amide bonds. The van der Waals surface area contributed by atoms with Crippen molar-refractivity contribution in [1.29, 1.82) is 0 Å². The molecule has 0 atom stereocenters. The van der Waals surface area contributed by atoms with Crippen LogP contribution in [0, 0.1) is 13.8 Å². The van der Waals surface area contributed by atoms with Crippen molar-refractivity contribution in [3.8, 4) is 17.2 Å². The Morgan fingerprint density at radius 1 is 1.04 bits per heavy atom. The van der Waals surface area contributed by atoms with Gasteiger partial charge in [-0.05, 0) is 37.6 Å². The average molecular weight is 386 g/mol. The Morgan fingerprint density at radius 2 is 1.85 bits per heavy atom. The quantitative estimate of drug-likeness (QED) is 0.586. The van der Waals surface area contributed by atoms with Gasteiger partial charge in [-0.15, -0.1) is 0 Å². The monoisotopic (exact) mass is 385 g/mol. The van der Waals surface area contributed by atoms with Crippen LogP contribution in [0.5, 0.6) is 17.2 Å². The molecular formula is C20H16ClNO5. The predicted molar refractivity (Wildman–Crippen MR) is 101 cm³/mol. The molecule has 0 aliphatic carbocycles. The first-order chi connectivity index (χ1) is 13.0. The minimum atomic E-state index is -0.343. The summed E-state index contributed by atoms with van der Waals surface area (Å²) in [5.41, 5.74) is 3.32. The summed E-state index contributed by atoms with van der Waals surface area (Å²) in [6, 6.07) is 7.53. The second-order valence-electron chi connectivity index (χ2n) is 6.69. The average Bonchev–Trinajstić information content (AvgIpc) is 3.15. The van der Waals surface area contributed by atoms with E-state index in [-0.39, 0.29) is 12.4 Å². The first-order valence-corrected chi connectivity index (χ1v) is 8.93. The second kappa shape index (κ2) is 5.82. The van der Waals surface area contributed by atoms with Gasteiger partial charge in [-0.2, -0.15) is 0 Å². The van der Waals surface area contributed by atoms with E-state index >= 15 is 0 Å². The van der Waals surface area contributed by atoms with E-state index in [0.717, 1.165) is 28.0 Å². The van der Waals surface area contributed by atoms with E-state index in [0.29, 0.717) is 40.9 Å². The number of halogens is 1. The molecular weight excluding hydrogens is 370 g/mol. The van der Waals surface area contributed by atoms with Crippen LogP contribution >= 0.6 is 11.6 Å². The van der Waals surface area contributed by atoms with Gasteiger partial charge in [0.05, 0.1) is 17.1 Å². The second-order valence-corrected chi connectivity index (χ2v) is 7.10. The zero-order valence-electron chi connectivity index (χ0n) is 14.8. The first-order valence-electron chi connectivity index (χ1n) is 8.55. The smallest absolute Gasteiger partial charge is 0.339 e. The van der Waals surface area contributed by atoms with Crippen LogP contribution < -0.4 is 24.7 Å². The van der Waals surface area contributed by atoms with Crippen molar-refractivity contribution in [3.63, 3.8) is 0 Å². The predicted octanol–water partition coefficient (Wildman–Crippen LogP) is 4.15. The molecule has 7 heteroatoms. The number of aryl methyl sites for hydroxylation is 1. The lowest BCUT2D eigenvalue weighted by Gasteiger charge is -2.31.